The number of nitrogen functional groups attached to an aromatic ring is 1. The molecule has 1 aliphatic rings. The Labute approximate surface area is 211 Å². The predicted molar refractivity (Wildman–Crippen MR) is 138 cm³/mol. The van der Waals surface area contributed by atoms with E-state index in [-0.39, 0.29) is 35.4 Å². The van der Waals surface area contributed by atoms with Crippen LogP contribution < -0.4 is 10.5 Å². The summed E-state index contributed by atoms with van der Waals surface area (Å²) in [5.41, 5.74) is 9.45. The lowest BCUT2D eigenvalue weighted by Gasteiger charge is -2.36. The largest absolute Gasteiger partial charge is 0.472 e. The Morgan fingerprint density at radius 2 is 1.86 bits per heavy atom. The minimum atomic E-state index is -3.01. The van der Waals surface area contributed by atoms with Gasteiger partial charge in [0.1, 0.15) is 16.9 Å². The third-order valence-electron chi connectivity index (χ3n) is 6.30. The molecule has 0 saturated carbocycles. The molecule has 10 nitrogen and oxygen atoms in total. The van der Waals surface area contributed by atoms with Crippen LogP contribution in [0.1, 0.15) is 57.5 Å². The number of imidazole rings is 1. The molecule has 194 valence electrons. The lowest BCUT2D eigenvalue weighted by molar-refractivity contribution is -0.131. The number of sulfone groups is 1. The molecule has 0 bridgehead atoms. The summed E-state index contributed by atoms with van der Waals surface area (Å²) in [6, 6.07) is 7.73. The van der Waals surface area contributed by atoms with Gasteiger partial charge in [0.2, 0.25) is 5.91 Å². The van der Waals surface area contributed by atoms with Crippen LogP contribution in [0.4, 0.5) is 5.82 Å². The topological polar surface area (TPSA) is 133 Å². The second-order valence-corrected chi connectivity index (χ2v) is 11.8. The molecule has 0 unspecified atom stereocenters. The number of anilines is 1. The molecule has 3 aromatic rings. The van der Waals surface area contributed by atoms with Crippen molar-refractivity contribution < 1.29 is 17.9 Å². The minimum Gasteiger partial charge on any atom is -0.472 e. The molecule has 11 heteroatoms. The van der Waals surface area contributed by atoms with Crippen LogP contribution in [-0.2, 0) is 34.1 Å². The van der Waals surface area contributed by atoms with E-state index in [4.69, 9.17) is 15.5 Å². The summed E-state index contributed by atoms with van der Waals surface area (Å²) >= 11 is 0. The number of aryl methyl sites for hydroxylation is 1. The lowest BCUT2D eigenvalue weighted by atomic mass is 10.1. The van der Waals surface area contributed by atoms with Gasteiger partial charge in [-0.3, -0.25) is 4.79 Å². The highest BCUT2D eigenvalue weighted by molar-refractivity contribution is 7.92. The summed E-state index contributed by atoms with van der Waals surface area (Å²) in [6.45, 7) is 8.42. The summed E-state index contributed by atoms with van der Waals surface area (Å²) in [5.74, 6) is 1.53. The van der Waals surface area contributed by atoms with Gasteiger partial charge in [-0.05, 0) is 31.4 Å². The summed E-state index contributed by atoms with van der Waals surface area (Å²) in [6.07, 6.45) is 2.74. The molecule has 3 heterocycles. The highest BCUT2D eigenvalue weighted by atomic mass is 32.2. The molecule has 0 radical (unpaired) electrons. The number of aromatic nitrogens is 4. The normalized spacial score (nSPS) is 15.2. The van der Waals surface area contributed by atoms with Crippen molar-refractivity contribution in [2.45, 2.75) is 72.2 Å². The molecule has 0 spiro atoms. The Kier molecular flexibility index (Phi) is 7.49. The number of rotatable bonds is 10. The van der Waals surface area contributed by atoms with Crippen molar-refractivity contribution in [2.75, 3.05) is 17.2 Å². The number of ether oxygens (including phenoxy) is 1. The number of fused-ring (bicyclic) bond motifs is 1. The summed E-state index contributed by atoms with van der Waals surface area (Å²) in [5, 5.41) is 8.26. The van der Waals surface area contributed by atoms with E-state index in [1.807, 2.05) is 38.1 Å². The lowest BCUT2D eigenvalue weighted by Crippen LogP contribution is -2.54. The maximum atomic E-state index is 12.1. The average molecular weight is 515 g/mol. The number of hydrogen-bond donors (Lipinski definition) is 1. The standard InChI is InChI=1S/C25H34N6O4S/c1-5-6-7-21-27-22-23(25(35-16(2)3)29-28-24(22)26)31(21)13-19-10-8-18(9-11-19)12-30(17(4)32)20-14-36(33,34)15-20/h8-11,16,20H,5-7,12-15H2,1-4H3,(H2,26,28). The fourth-order valence-electron chi connectivity index (χ4n) is 4.43. The molecular formula is C25H34N6O4S. The number of hydrogen-bond acceptors (Lipinski definition) is 8. The fourth-order valence-corrected chi connectivity index (χ4v) is 5.87. The monoisotopic (exact) mass is 514 g/mol. The van der Waals surface area contributed by atoms with Crippen LogP contribution in [0.3, 0.4) is 0 Å². The van der Waals surface area contributed by atoms with Crippen LogP contribution in [0.5, 0.6) is 5.88 Å². The van der Waals surface area contributed by atoms with Gasteiger partial charge in [0, 0.05) is 26.4 Å². The molecule has 1 fully saturated rings. The zero-order valence-corrected chi connectivity index (χ0v) is 22.1. The van der Waals surface area contributed by atoms with Crippen molar-refractivity contribution in [3.63, 3.8) is 0 Å². The maximum absolute atomic E-state index is 12.1. The van der Waals surface area contributed by atoms with Crippen molar-refractivity contribution in [3.05, 3.63) is 41.2 Å². The molecule has 1 aromatic carbocycles. The van der Waals surface area contributed by atoms with Crippen LogP contribution in [-0.4, -0.2) is 62.6 Å². The molecule has 1 amide bonds. The van der Waals surface area contributed by atoms with Crippen LogP contribution in [0, 0.1) is 0 Å². The van der Waals surface area contributed by atoms with Crippen LogP contribution in [0.25, 0.3) is 11.0 Å². The van der Waals surface area contributed by atoms with Crippen molar-refractivity contribution in [1.29, 1.82) is 0 Å². The number of amides is 1. The molecule has 0 atom stereocenters. The predicted octanol–water partition coefficient (Wildman–Crippen LogP) is 2.73. The third kappa shape index (κ3) is 5.61. The van der Waals surface area contributed by atoms with E-state index in [1.165, 1.54) is 6.92 Å². The molecule has 2 aromatic heterocycles. The Bertz CT molecular complexity index is 1340. The van der Waals surface area contributed by atoms with Crippen molar-refractivity contribution >= 4 is 32.6 Å². The first-order valence-corrected chi connectivity index (χ1v) is 14.1. The Morgan fingerprint density at radius 3 is 2.44 bits per heavy atom. The van der Waals surface area contributed by atoms with E-state index < -0.39 is 9.84 Å². The zero-order valence-electron chi connectivity index (χ0n) is 21.3. The van der Waals surface area contributed by atoms with E-state index >= 15 is 0 Å². The number of benzene rings is 1. The van der Waals surface area contributed by atoms with Gasteiger partial charge in [-0.2, -0.15) is 0 Å². The van der Waals surface area contributed by atoms with E-state index in [0.29, 0.717) is 24.5 Å². The van der Waals surface area contributed by atoms with Crippen molar-refractivity contribution in [2.24, 2.45) is 0 Å². The number of unbranched alkanes of at least 4 members (excludes halogenated alkanes) is 1. The van der Waals surface area contributed by atoms with E-state index in [0.717, 1.165) is 41.7 Å². The molecule has 4 rings (SSSR count). The Hall–Kier alpha value is -3.21. The van der Waals surface area contributed by atoms with Gasteiger partial charge in [-0.1, -0.05) is 37.6 Å². The molecular weight excluding hydrogens is 480 g/mol. The first-order chi connectivity index (χ1) is 17.1. The fraction of sp³-hybridized carbons (Fsp3) is 0.520. The average Bonchev–Trinajstić information content (AvgIpc) is 3.16. The Morgan fingerprint density at radius 1 is 1.19 bits per heavy atom. The van der Waals surface area contributed by atoms with Gasteiger partial charge in [0.15, 0.2) is 15.7 Å². The molecule has 0 aliphatic carbocycles. The van der Waals surface area contributed by atoms with Crippen molar-refractivity contribution in [3.8, 4) is 5.88 Å². The van der Waals surface area contributed by atoms with Crippen LogP contribution in [0.2, 0.25) is 0 Å². The molecule has 36 heavy (non-hydrogen) atoms. The molecule has 1 saturated heterocycles. The van der Waals surface area contributed by atoms with Gasteiger partial charge in [-0.15, -0.1) is 10.2 Å². The van der Waals surface area contributed by atoms with Crippen LogP contribution >= 0.6 is 0 Å². The van der Waals surface area contributed by atoms with Crippen molar-refractivity contribution in [1.82, 2.24) is 24.6 Å². The van der Waals surface area contributed by atoms with Gasteiger partial charge in [0.05, 0.1) is 23.7 Å². The highest BCUT2D eigenvalue weighted by Crippen LogP contribution is 2.30. The van der Waals surface area contributed by atoms with E-state index in [2.05, 4.69) is 21.7 Å². The first kappa shape index (κ1) is 25.9. The summed E-state index contributed by atoms with van der Waals surface area (Å²) in [7, 11) is -3.01. The Balaban J connectivity index is 1.61. The number of carbonyl (C=O) groups excluding carboxylic acids is 1. The number of nitrogens with zero attached hydrogens (tertiary/aromatic N) is 5. The molecule has 1 aliphatic heterocycles. The van der Waals surface area contributed by atoms with E-state index in [1.54, 1.807) is 4.90 Å². The van der Waals surface area contributed by atoms with Gasteiger partial charge >= 0.3 is 0 Å². The van der Waals surface area contributed by atoms with Gasteiger partial charge < -0.3 is 19.9 Å². The van der Waals surface area contributed by atoms with Gasteiger partial charge in [-0.25, -0.2) is 13.4 Å². The highest BCUT2D eigenvalue weighted by Gasteiger charge is 2.38. The number of carbonyl (C=O) groups is 1. The quantitative estimate of drug-likeness (QED) is 0.437. The molecule has 2 N–H and O–H groups in total. The smallest absolute Gasteiger partial charge is 0.260 e. The zero-order chi connectivity index (χ0) is 26.0. The maximum Gasteiger partial charge on any atom is 0.260 e. The summed E-state index contributed by atoms with van der Waals surface area (Å²) < 4.78 is 31.2. The number of nitrogens with two attached hydrogens (primary N) is 1. The summed E-state index contributed by atoms with van der Waals surface area (Å²) in [4.78, 5) is 18.6. The van der Waals surface area contributed by atoms with Gasteiger partial charge in [0.25, 0.3) is 5.88 Å². The second kappa shape index (κ2) is 10.4. The van der Waals surface area contributed by atoms with Crippen LogP contribution in [0.15, 0.2) is 24.3 Å². The first-order valence-electron chi connectivity index (χ1n) is 12.3. The second-order valence-electron chi connectivity index (χ2n) is 9.67. The SMILES string of the molecule is CCCCc1nc2c(N)nnc(OC(C)C)c2n1Cc1ccc(CN(C(C)=O)C2CS(=O)(=O)C2)cc1. The third-order valence-corrected chi connectivity index (χ3v) is 8.08. The van der Waals surface area contributed by atoms with E-state index in [9.17, 15) is 13.2 Å². The minimum absolute atomic E-state index is 0.0334.